The number of carbonyl (C=O) groups is 1. The molecule has 6 rings (SSSR count). The van der Waals surface area contributed by atoms with Crippen molar-refractivity contribution in [2.75, 3.05) is 13.2 Å². The number of para-hydroxylation sites is 1. The summed E-state index contributed by atoms with van der Waals surface area (Å²) in [6.45, 7) is 0.944. The van der Waals surface area contributed by atoms with Crippen molar-refractivity contribution in [3.63, 3.8) is 0 Å². The summed E-state index contributed by atoms with van der Waals surface area (Å²) in [5.41, 5.74) is 2.75. The van der Waals surface area contributed by atoms with Crippen LogP contribution in [0, 0.1) is 5.82 Å². The number of carbonyl (C=O) groups excluding carboxylic acids is 1. The molecule has 5 aromatic rings. The number of nitrogens with one attached hydrogen (secondary N) is 1. The first-order chi connectivity index (χ1) is 20.1. The first-order valence-corrected chi connectivity index (χ1v) is 12.8. The van der Waals surface area contributed by atoms with E-state index in [4.69, 9.17) is 15.2 Å². The third-order valence-electron chi connectivity index (χ3n) is 6.95. The number of nitrogens with two attached hydrogens (primary N) is 1. The molecule has 0 saturated carbocycles. The number of halogens is 4. The van der Waals surface area contributed by atoms with Gasteiger partial charge in [0.2, 0.25) is 0 Å². The summed E-state index contributed by atoms with van der Waals surface area (Å²) in [4.78, 5) is 31.9. The Bertz CT molecular complexity index is 1860. The van der Waals surface area contributed by atoms with Crippen LogP contribution in [0.1, 0.15) is 34.9 Å². The topological polar surface area (TPSA) is 130 Å². The van der Waals surface area contributed by atoms with Crippen LogP contribution in [0.2, 0.25) is 0 Å². The fourth-order valence-electron chi connectivity index (χ4n) is 5.12. The Balaban J connectivity index is 1.42. The molecule has 0 aliphatic carbocycles. The van der Waals surface area contributed by atoms with E-state index in [9.17, 15) is 22.8 Å². The van der Waals surface area contributed by atoms with Crippen LogP contribution in [0.15, 0.2) is 65.6 Å². The Morgan fingerprint density at radius 1 is 1.07 bits per heavy atom. The first-order valence-electron chi connectivity index (χ1n) is 12.8. The van der Waals surface area contributed by atoms with E-state index in [0.717, 1.165) is 6.07 Å². The van der Waals surface area contributed by atoms with Crippen LogP contribution in [-0.2, 0) is 10.9 Å². The number of amides is 1. The lowest BCUT2D eigenvalue weighted by Gasteiger charge is -2.23. The number of ether oxygens (including phenoxy) is 2. The van der Waals surface area contributed by atoms with Gasteiger partial charge in [-0.3, -0.25) is 14.3 Å². The molecule has 0 spiro atoms. The average molecular weight is 583 g/mol. The number of rotatable bonds is 6. The maximum absolute atomic E-state index is 15.5. The lowest BCUT2D eigenvalue weighted by atomic mass is 10.0. The van der Waals surface area contributed by atoms with Crippen LogP contribution < -0.4 is 16.2 Å². The zero-order valence-electron chi connectivity index (χ0n) is 21.7. The summed E-state index contributed by atoms with van der Waals surface area (Å²) in [6.07, 6.45) is -2.44. The number of H-pyrrole nitrogens is 1. The van der Waals surface area contributed by atoms with Crippen LogP contribution >= 0.6 is 0 Å². The molecule has 1 aliphatic heterocycles. The average Bonchev–Trinajstić information content (AvgIpc) is 3.54. The number of fused-ring (bicyclic) bond motifs is 1. The number of hydrogen-bond acceptors (Lipinski definition) is 6. The Kier molecular flexibility index (Phi) is 6.77. The van der Waals surface area contributed by atoms with Crippen molar-refractivity contribution in [3.8, 4) is 28.4 Å². The Morgan fingerprint density at radius 2 is 1.81 bits per heavy atom. The Hall–Kier alpha value is -4.98. The minimum atomic E-state index is -5.00. The Labute approximate surface area is 234 Å². The number of primary amides is 1. The zero-order valence-corrected chi connectivity index (χ0v) is 21.7. The molecule has 3 aromatic heterocycles. The van der Waals surface area contributed by atoms with Gasteiger partial charge in [0.25, 0.3) is 5.91 Å². The smallest absolute Gasteiger partial charge is 0.434 e. The SMILES string of the molecule is NC(=O)c1c(-c2ccc(Oc3ccnc4[nH]c(=O)n(C5CCOCC5)c34)c(F)c2)nn(-c2ccccc2)c1C(F)(F)F. The third-order valence-corrected chi connectivity index (χ3v) is 6.95. The number of imidazole rings is 1. The van der Waals surface area contributed by atoms with Gasteiger partial charge in [0.1, 0.15) is 11.2 Å². The van der Waals surface area contributed by atoms with Crippen LogP contribution in [-0.4, -0.2) is 43.4 Å². The summed E-state index contributed by atoms with van der Waals surface area (Å²) in [5, 5.41) is 4.03. The van der Waals surface area contributed by atoms with E-state index in [1.165, 1.54) is 53.2 Å². The standard InChI is InChI=1S/C28H22F4N6O4/c29-18-14-15(22-21(25(33)39)24(28(30,31)32)38(36-22)17-4-2-1-3-5-17)6-7-19(18)42-20-8-11-34-26-23(20)37(27(40)35-26)16-9-12-41-13-10-16/h1-8,11,14,16H,9-10,12-13H2,(H2,33,39)(H,34,35,40). The minimum Gasteiger partial charge on any atom is -0.452 e. The summed E-state index contributed by atoms with van der Waals surface area (Å²) >= 11 is 0. The molecule has 2 aromatic carbocycles. The second-order valence-electron chi connectivity index (χ2n) is 9.58. The molecule has 216 valence electrons. The molecule has 1 fully saturated rings. The van der Waals surface area contributed by atoms with E-state index < -0.39 is 40.5 Å². The fraction of sp³-hybridized carbons (Fsp3) is 0.214. The summed E-state index contributed by atoms with van der Waals surface area (Å²) in [7, 11) is 0. The molecule has 3 N–H and O–H groups in total. The van der Waals surface area contributed by atoms with Gasteiger partial charge < -0.3 is 15.2 Å². The summed E-state index contributed by atoms with van der Waals surface area (Å²) < 4.78 is 71.3. The molecule has 1 saturated heterocycles. The van der Waals surface area contributed by atoms with Crippen molar-refractivity contribution in [2.24, 2.45) is 5.73 Å². The molecule has 1 aliphatic rings. The number of pyridine rings is 1. The highest BCUT2D eigenvalue weighted by Crippen LogP contribution is 2.40. The molecular formula is C28H22F4N6O4. The van der Waals surface area contributed by atoms with E-state index in [1.54, 1.807) is 6.07 Å². The summed E-state index contributed by atoms with van der Waals surface area (Å²) in [6, 6.07) is 12.0. The molecule has 10 nitrogen and oxygen atoms in total. The minimum absolute atomic E-state index is 0.0304. The second kappa shape index (κ2) is 10.4. The zero-order chi connectivity index (χ0) is 29.6. The molecule has 0 unspecified atom stereocenters. The van der Waals surface area contributed by atoms with Crippen molar-refractivity contribution < 1.29 is 31.8 Å². The molecular weight excluding hydrogens is 560 g/mol. The van der Waals surface area contributed by atoms with Crippen molar-refractivity contribution >= 4 is 17.1 Å². The lowest BCUT2D eigenvalue weighted by molar-refractivity contribution is -0.143. The van der Waals surface area contributed by atoms with Gasteiger partial charge in [-0.2, -0.15) is 18.3 Å². The van der Waals surface area contributed by atoms with Gasteiger partial charge in [-0.15, -0.1) is 0 Å². The van der Waals surface area contributed by atoms with Crippen molar-refractivity contribution in [2.45, 2.75) is 25.1 Å². The molecule has 0 radical (unpaired) electrons. The molecule has 0 atom stereocenters. The normalized spacial score (nSPS) is 14.4. The van der Waals surface area contributed by atoms with Gasteiger partial charge in [-0.05, 0) is 43.2 Å². The van der Waals surface area contributed by atoms with E-state index >= 15 is 4.39 Å². The quantitative estimate of drug-likeness (QED) is 0.272. The molecule has 0 bridgehead atoms. The third kappa shape index (κ3) is 4.79. The summed E-state index contributed by atoms with van der Waals surface area (Å²) in [5.74, 6) is -2.47. The van der Waals surface area contributed by atoms with Crippen LogP contribution in [0.3, 0.4) is 0 Å². The second-order valence-corrected chi connectivity index (χ2v) is 9.58. The van der Waals surface area contributed by atoms with Gasteiger partial charge in [0.15, 0.2) is 28.7 Å². The highest BCUT2D eigenvalue weighted by atomic mass is 19.4. The van der Waals surface area contributed by atoms with E-state index in [0.29, 0.717) is 36.3 Å². The number of aromatic amines is 1. The molecule has 14 heteroatoms. The van der Waals surface area contributed by atoms with E-state index in [-0.39, 0.29) is 34.4 Å². The van der Waals surface area contributed by atoms with E-state index in [2.05, 4.69) is 15.1 Å². The number of aromatic nitrogens is 5. The maximum Gasteiger partial charge on any atom is 0.434 e. The van der Waals surface area contributed by atoms with Gasteiger partial charge in [0.05, 0.1) is 11.3 Å². The van der Waals surface area contributed by atoms with Gasteiger partial charge in [-0.25, -0.2) is 18.9 Å². The Morgan fingerprint density at radius 3 is 2.48 bits per heavy atom. The number of nitrogens with zero attached hydrogens (tertiary/aromatic N) is 4. The number of benzene rings is 2. The fourth-order valence-corrected chi connectivity index (χ4v) is 5.12. The monoisotopic (exact) mass is 582 g/mol. The van der Waals surface area contributed by atoms with Crippen LogP contribution in [0.25, 0.3) is 28.1 Å². The molecule has 1 amide bonds. The highest BCUT2D eigenvalue weighted by molar-refractivity contribution is 6.00. The van der Waals surface area contributed by atoms with Crippen LogP contribution in [0.5, 0.6) is 11.5 Å². The van der Waals surface area contributed by atoms with Crippen LogP contribution in [0.4, 0.5) is 17.6 Å². The highest BCUT2D eigenvalue weighted by Gasteiger charge is 2.42. The molecule has 4 heterocycles. The molecule has 42 heavy (non-hydrogen) atoms. The largest absolute Gasteiger partial charge is 0.452 e. The number of hydrogen-bond donors (Lipinski definition) is 2. The van der Waals surface area contributed by atoms with Crippen molar-refractivity contribution in [1.82, 2.24) is 24.3 Å². The number of alkyl halides is 3. The maximum atomic E-state index is 15.5. The van der Waals surface area contributed by atoms with E-state index in [1.807, 2.05) is 0 Å². The van der Waals surface area contributed by atoms with Gasteiger partial charge in [-0.1, -0.05) is 18.2 Å². The van der Waals surface area contributed by atoms with Crippen molar-refractivity contribution in [1.29, 1.82) is 0 Å². The van der Waals surface area contributed by atoms with Gasteiger partial charge >= 0.3 is 11.9 Å². The first kappa shape index (κ1) is 27.2. The lowest BCUT2D eigenvalue weighted by Crippen LogP contribution is -2.27. The predicted molar refractivity (Wildman–Crippen MR) is 142 cm³/mol. The van der Waals surface area contributed by atoms with Gasteiger partial charge in [0, 0.05) is 37.1 Å². The van der Waals surface area contributed by atoms with Crippen molar-refractivity contribution in [3.05, 3.63) is 88.4 Å². The predicted octanol–water partition coefficient (Wildman–Crippen LogP) is 4.98.